The summed E-state index contributed by atoms with van der Waals surface area (Å²) in [5, 5.41) is 5.96. The number of carbonyl (C=O) groups is 1. The summed E-state index contributed by atoms with van der Waals surface area (Å²) >= 11 is 0. The molecule has 1 aromatic carbocycles. The third-order valence-electron chi connectivity index (χ3n) is 3.54. The van der Waals surface area contributed by atoms with Gasteiger partial charge in [0, 0.05) is 19.0 Å². The highest BCUT2D eigenvalue weighted by molar-refractivity contribution is 7.91. The van der Waals surface area contributed by atoms with Gasteiger partial charge in [-0.15, -0.1) is 0 Å². The maximum absolute atomic E-state index is 12.0. The monoisotopic (exact) mass is 340 g/mol. The molecule has 1 aliphatic heterocycles. The van der Waals surface area contributed by atoms with E-state index in [9.17, 15) is 13.2 Å². The second kappa shape index (κ2) is 7.79. The van der Waals surface area contributed by atoms with Gasteiger partial charge in [0.2, 0.25) is 5.91 Å². The molecule has 0 spiro atoms. The first-order valence-electron chi connectivity index (χ1n) is 7.85. The van der Waals surface area contributed by atoms with Crippen molar-refractivity contribution in [2.75, 3.05) is 23.4 Å². The van der Waals surface area contributed by atoms with Gasteiger partial charge in [-0.2, -0.15) is 0 Å². The van der Waals surface area contributed by atoms with Crippen LogP contribution in [0.3, 0.4) is 0 Å². The summed E-state index contributed by atoms with van der Waals surface area (Å²) in [4.78, 5) is 12.0. The van der Waals surface area contributed by atoms with Crippen molar-refractivity contribution in [1.82, 2.24) is 5.32 Å². The van der Waals surface area contributed by atoms with Crippen molar-refractivity contribution < 1.29 is 17.9 Å². The first kappa shape index (κ1) is 17.7. The molecule has 1 aromatic rings. The number of benzene rings is 1. The Morgan fingerprint density at radius 2 is 2.09 bits per heavy atom. The molecule has 1 fully saturated rings. The highest BCUT2D eigenvalue weighted by Gasteiger charge is 2.27. The van der Waals surface area contributed by atoms with Gasteiger partial charge in [0.25, 0.3) is 0 Å². The Morgan fingerprint density at radius 1 is 1.35 bits per heavy atom. The molecular weight excluding hydrogens is 316 g/mol. The van der Waals surface area contributed by atoms with E-state index in [4.69, 9.17) is 4.74 Å². The fourth-order valence-corrected chi connectivity index (χ4v) is 4.19. The van der Waals surface area contributed by atoms with Gasteiger partial charge in [0.05, 0.1) is 23.3 Å². The minimum absolute atomic E-state index is 0.0269. The number of sulfone groups is 1. The number of amides is 1. The highest BCUT2D eigenvalue weighted by Crippen LogP contribution is 2.24. The summed E-state index contributed by atoms with van der Waals surface area (Å²) in [5.74, 6) is 0.917. The number of nitrogens with one attached hydrogen (secondary N) is 2. The van der Waals surface area contributed by atoms with Gasteiger partial charge < -0.3 is 15.4 Å². The predicted octanol–water partition coefficient (Wildman–Crippen LogP) is 1.58. The van der Waals surface area contributed by atoms with E-state index in [2.05, 4.69) is 10.6 Å². The van der Waals surface area contributed by atoms with Gasteiger partial charge >= 0.3 is 0 Å². The molecule has 128 valence electrons. The molecule has 2 N–H and O–H groups in total. The van der Waals surface area contributed by atoms with Crippen LogP contribution in [-0.4, -0.2) is 44.5 Å². The first-order chi connectivity index (χ1) is 10.9. The molecule has 1 aliphatic rings. The lowest BCUT2D eigenvalue weighted by Crippen LogP contribution is -2.32. The van der Waals surface area contributed by atoms with Gasteiger partial charge in [-0.05, 0) is 32.4 Å². The van der Waals surface area contributed by atoms with E-state index in [1.807, 2.05) is 32.0 Å². The van der Waals surface area contributed by atoms with E-state index < -0.39 is 9.84 Å². The summed E-state index contributed by atoms with van der Waals surface area (Å²) in [6.07, 6.45) is 0.931. The molecule has 1 atom stereocenters. The maximum atomic E-state index is 12.0. The van der Waals surface area contributed by atoms with Crippen LogP contribution in [0.15, 0.2) is 24.3 Å². The summed E-state index contributed by atoms with van der Waals surface area (Å²) in [6, 6.07) is 7.27. The average molecular weight is 340 g/mol. The predicted molar refractivity (Wildman–Crippen MR) is 90.5 cm³/mol. The van der Waals surface area contributed by atoms with E-state index in [1.54, 1.807) is 6.07 Å². The Bertz CT molecular complexity index is 643. The number of ether oxygens (including phenoxy) is 1. The largest absolute Gasteiger partial charge is 0.489 e. The maximum Gasteiger partial charge on any atom is 0.225 e. The van der Waals surface area contributed by atoms with E-state index in [-0.39, 0.29) is 36.0 Å². The first-order valence-corrected chi connectivity index (χ1v) is 9.67. The number of rotatable bonds is 7. The van der Waals surface area contributed by atoms with Crippen molar-refractivity contribution in [1.29, 1.82) is 0 Å². The van der Waals surface area contributed by atoms with Crippen molar-refractivity contribution in [3.8, 4) is 5.75 Å². The van der Waals surface area contributed by atoms with Crippen LogP contribution in [0.4, 0.5) is 5.69 Å². The third-order valence-corrected chi connectivity index (χ3v) is 5.31. The van der Waals surface area contributed by atoms with Gasteiger partial charge in [0.1, 0.15) is 5.75 Å². The second-order valence-electron chi connectivity index (χ2n) is 6.02. The Morgan fingerprint density at radius 3 is 2.74 bits per heavy atom. The summed E-state index contributed by atoms with van der Waals surface area (Å²) < 4.78 is 28.4. The molecule has 0 bridgehead atoms. The molecule has 0 saturated carbocycles. The zero-order chi connectivity index (χ0) is 16.9. The quantitative estimate of drug-likeness (QED) is 0.787. The topological polar surface area (TPSA) is 84.5 Å². The molecule has 2 rings (SSSR count). The minimum atomic E-state index is -2.89. The SMILES string of the molecule is CC(C)Oc1ccccc1NC(=O)CCNC1CCS(=O)(=O)C1. The molecule has 6 nitrogen and oxygen atoms in total. The van der Waals surface area contributed by atoms with Crippen LogP contribution in [0.1, 0.15) is 26.7 Å². The minimum Gasteiger partial charge on any atom is -0.489 e. The van der Waals surface area contributed by atoms with Crippen LogP contribution in [0.5, 0.6) is 5.75 Å². The average Bonchev–Trinajstić information content (AvgIpc) is 2.80. The molecule has 0 aliphatic carbocycles. The Labute approximate surface area is 137 Å². The van der Waals surface area contributed by atoms with Crippen molar-refractivity contribution in [2.24, 2.45) is 0 Å². The zero-order valence-corrected chi connectivity index (χ0v) is 14.4. The van der Waals surface area contributed by atoms with Crippen LogP contribution >= 0.6 is 0 Å². The third kappa shape index (κ3) is 5.84. The van der Waals surface area contributed by atoms with Crippen LogP contribution in [0, 0.1) is 0 Å². The molecule has 1 heterocycles. The van der Waals surface area contributed by atoms with Crippen LogP contribution in [0.2, 0.25) is 0 Å². The smallest absolute Gasteiger partial charge is 0.225 e. The fourth-order valence-electron chi connectivity index (χ4n) is 2.49. The molecule has 0 aromatic heterocycles. The van der Waals surface area contributed by atoms with Gasteiger partial charge in [0.15, 0.2) is 9.84 Å². The zero-order valence-electron chi connectivity index (χ0n) is 13.5. The Balaban J connectivity index is 1.79. The van der Waals surface area contributed by atoms with Gasteiger partial charge in [-0.1, -0.05) is 12.1 Å². The number of hydrogen-bond acceptors (Lipinski definition) is 5. The normalized spacial score (nSPS) is 19.7. The number of para-hydroxylation sites is 2. The van der Waals surface area contributed by atoms with Gasteiger partial charge in [-0.3, -0.25) is 4.79 Å². The number of anilines is 1. The lowest BCUT2D eigenvalue weighted by molar-refractivity contribution is -0.116. The lowest BCUT2D eigenvalue weighted by Gasteiger charge is -2.15. The van der Waals surface area contributed by atoms with E-state index in [0.29, 0.717) is 24.4 Å². The number of hydrogen-bond donors (Lipinski definition) is 2. The molecule has 1 saturated heterocycles. The van der Waals surface area contributed by atoms with E-state index in [1.165, 1.54) is 0 Å². The summed E-state index contributed by atoms with van der Waals surface area (Å²) in [7, 11) is -2.89. The van der Waals surface area contributed by atoms with Gasteiger partial charge in [-0.25, -0.2) is 8.42 Å². The fraction of sp³-hybridized carbons (Fsp3) is 0.562. The van der Waals surface area contributed by atoms with Crippen molar-refractivity contribution in [3.05, 3.63) is 24.3 Å². The molecule has 1 unspecified atom stereocenters. The summed E-state index contributed by atoms with van der Waals surface area (Å²) in [6.45, 7) is 4.32. The summed E-state index contributed by atoms with van der Waals surface area (Å²) in [5.41, 5.74) is 0.648. The molecular formula is C16H24N2O4S. The van der Waals surface area contributed by atoms with Crippen molar-refractivity contribution in [3.63, 3.8) is 0 Å². The Kier molecular flexibility index (Phi) is 6.01. The van der Waals surface area contributed by atoms with Crippen molar-refractivity contribution in [2.45, 2.75) is 38.8 Å². The van der Waals surface area contributed by atoms with Crippen LogP contribution in [0.25, 0.3) is 0 Å². The Hall–Kier alpha value is -1.60. The highest BCUT2D eigenvalue weighted by atomic mass is 32.2. The van der Waals surface area contributed by atoms with E-state index in [0.717, 1.165) is 0 Å². The van der Waals surface area contributed by atoms with Crippen molar-refractivity contribution >= 4 is 21.4 Å². The molecule has 23 heavy (non-hydrogen) atoms. The van der Waals surface area contributed by atoms with Crippen LogP contribution in [-0.2, 0) is 14.6 Å². The molecule has 1 amide bonds. The molecule has 7 heteroatoms. The lowest BCUT2D eigenvalue weighted by atomic mass is 10.2. The number of carbonyl (C=O) groups excluding carboxylic acids is 1. The second-order valence-corrected chi connectivity index (χ2v) is 8.24. The molecule has 0 radical (unpaired) electrons. The standard InChI is InChI=1S/C16H24N2O4S/c1-12(2)22-15-6-4-3-5-14(15)18-16(19)7-9-17-13-8-10-23(20,21)11-13/h3-6,12-13,17H,7-11H2,1-2H3,(H,18,19). The van der Waals surface area contributed by atoms with E-state index >= 15 is 0 Å². The van der Waals surface area contributed by atoms with Crippen LogP contribution < -0.4 is 15.4 Å².